The highest BCUT2D eigenvalue weighted by Crippen LogP contribution is 2.41. The summed E-state index contributed by atoms with van der Waals surface area (Å²) in [4.78, 5) is 36.1. The molecule has 2 aromatic rings. The first kappa shape index (κ1) is 16.1. The summed E-state index contributed by atoms with van der Waals surface area (Å²) in [6, 6.07) is 11.5. The molecule has 8 nitrogen and oxygen atoms in total. The van der Waals surface area contributed by atoms with Gasteiger partial charge < -0.3 is 14.2 Å². The number of allylic oxidation sites excluding steroid dienone is 2. The molecule has 0 unspecified atom stereocenters. The molecule has 0 spiro atoms. The number of ether oxygens (including phenoxy) is 3. The molecular formula is C20H12N2O6. The summed E-state index contributed by atoms with van der Waals surface area (Å²) in [5.41, 5.74) is 1.46. The molecule has 0 atom stereocenters. The molecule has 4 amide bonds. The quantitative estimate of drug-likeness (QED) is 0.583. The molecule has 2 aromatic carbocycles. The van der Waals surface area contributed by atoms with E-state index in [1.807, 2.05) is 0 Å². The zero-order valence-electron chi connectivity index (χ0n) is 14.3. The maximum atomic E-state index is 12.4. The van der Waals surface area contributed by atoms with Crippen molar-refractivity contribution in [2.75, 3.05) is 6.79 Å². The lowest BCUT2D eigenvalue weighted by Gasteiger charge is -2.23. The van der Waals surface area contributed by atoms with Gasteiger partial charge in [0.25, 0.3) is 11.8 Å². The van der Waals surface area contributed by atoms with E-state index in [0.717, 1.165) is 0 Å². The van der Waals surface area contributed by atoms with Gasteiger partial charge in [0.1, 0.15) is 17.1 Å². The van der Waals surface area contributed by atoms with Crippen LogP contribution in [-0.2, 0) is 9.59 Å². The first-order valence-corrected chi connectivity index (χ1v) is 8.40. The van der Waals surface area contributed by atoms with E-state index in [9.17, 15) is 14.4 Å². The largest absolute Gasteiger partial charge is 0.456 e. The number of urea groups is 1. The van der Waals surface area contributed by atoms with E-state index >= 15 is 0 Å². The molecule has 8 heteroatoms. The predicted octanol–water partition coefficient (Wildman–Crippen LogP) is 1.97. The van der Waals surface area contributed by atoms with Gasteiger partial charge in [-0.2, -0.15) is 0 Å². The Labute approximate surface area is 158 Å². The molecule has 138 valence electrons. The van der Waals surface area contributed by atoms with Crippen molar-refractivity contribution in [1.82, 2.24) is 10.6 Å². The van der Waals surface area contributed by atoms with E-state index in [4.69, 9.17) is 14.2 Å². The number of carbonyl (C=O) groups excluding carboxylic acids is 3. The average molecular weight is 376 g/mol. The first-order valence-electron chi connectivity index (χ1n) is 8.40. The number of rotatable bonds is 1. The number of amides is 4. The van der Waals surface area contributed by atoms with Gasteiger partial charge in [0.05, 0.1) is 0 Å². The van der Waals surface area contributed by atoms with Crippen LogP contribution in [0.3, 0.4) is 0 Å². The summed E-state index contributed by atoms with van der Waals surface area (Å²) in [6.45, 7) is 0.144. The Morgan fingerprint density at radius 3 is 2.39 bits per heavy atom. The Bertz CT molecular complexity index is 1110. The molecule has 1 saturated heterocycles. The van der Waals surface area contributed by atoms with Gasteiger partial charge in [-0.25, -0.2) is 4.79 Å². The predicted molar refractivity (Wildman–Crippen MR) is 96.2 cm³/mol. The van der Waals surface area contributed by atoms with Gasteiger partial charge in [0, 0.05) is 16.7 Å². The van der Waals surface area contributed by atoms with E-state index in [1.165, 1.54) is 0 Å². The Hall–Kier alpha value is -4.07. The first-order chi connectivity index (χ1) is 13.6. The smallest absolute Gasteiger partial charge is 0.328 e. The Balaban J connectivity index is 1.69. The minimum Gasteiger partial charge on any atom is -0.456 e. The number of hydrogen-bond acceptors (Lipinski definition) is 6. The van der Waals surface area contributed by atoms with Crippen molar-refractivity contribution in [1.29, 1.82) is 0 Å². The second-order valence-electron chi connectivity index (χ2n) is 6.20. The third kappa shape index (κ3) is 2.50. The molecule has 5 rings (SSSR count). The molecule has 3 aliphatic rings. The number of barbiturate groups is 1. The monoisotopic (exact) mass is 376 g/mol. The molecule has 0 aliphatic carbocycles. The lowest BCUT2D eigenvalue weighted by molar-refractivity contribution is -0.123. The molecule has 28 heavy (non-hydrogen) atoms. The fraction of sp³-hybridized carbons (Fsp3) is 0.0500. The van der Waals surface area contributed by atoms with Gasteiger partial charge in [-0.15, -0.1) is 0 Å². The fourth-order valence-electron chi connectivity index (χ4n) is 3.24. The number of benzene rings is 2. The maximum absolute atomic E-state index is 12.4. The molecule has 1 fully saturated rings. The number of carbonyl (C=O) groups is 3. The average Bonchev–Trinajstić information content (AvgIpc) is 3.15. The molecule has 3 heterocycles. The Morgan fingerprint density at radius 2 is 1.57 bits per heavy atom. The van der Waals surface area contributed by atoms with Crippen LogP contribution < -0.4 is 24.8 Å². The van der Waals surface area contributed by atoms with E-state index in [1.54, 1.807) is 48.5 Å². The third-order valence-electron chi connectivity index (χ3n) is 4.51. The van der Waals surface area contributed by atoms with Gasteiger partial charge in [0.2, 0.25) is 6.79 Å². The van der Waals surface area contributed by atoms with Gasteiger partial charge in [0.15, 0.2) is 11.5 Å². The van der Waals surface area contributed by atoms with Crippen molar-refractivity contribution in [2.24, 2.45) is 0 Å². The molecule has 0 aromatic heterocycles. The summed E-state index contributed by atoms with van der Waals surface area (Å²) >= 11 is 0. The van der Waals surface area contributed by atoms with Gasteiger partial charge >= 0.3 is 6.03 Å². The number of hydrogen-bond donors (Lipinski definition) is 2. The number of nitrogens with one attached hydrogen (secondary N) is 2. The van der Waals surface area contributed by atoms with Crippen LogP contribution >= 0.6 is 0 Å². The van der Waals surface area contributed by atoms with Crippen LogP contribution in [0.5, 0.6) is 17.2 Å². The standard InChI is InChI=1S/C20H12N2O6/c23-18-17(19(24)22-20(25)21-18)12-8-15(28-13-4-2-1-3-11(12)13)10-5-6-14-16(7-10)27-9-26-14/h1-8H,9H2,(H2,21,22,23,24,25). The summed E-state index contributed by atoms with van der Waals surface area (Å²) < 4.78 is 16.7. The molecule has 3 aliphatic heterocycles. The lowest BCUT2D eigenvalue weighted by atomic mass is 9.93. The minimum absolute atomic E-state index is 0.144. The molecule has 0 saturated carbocycles. The van der Waals surface area contributed by atoms with Crippen LogP contribution in [0.4, 0.5) is 4.79 Å². The van der Waals surface area contributed by atoms with E-state index in [2.05, 4.69) is 10.6 Å². The van der Waals surface area contributed by atoms with Crippen molar-refractivity contribution < 1.29 is 28.6 Å². The number of para-hydroxylation sites is 1. The Kier molecular flexibility index (Phi) is 3.45. The summed E-state index contributed by atoms with van der Waals surface area (Å²) in [5, 5.41) is 4.20. The topological polar surface area (TPSA) is 103 Å². The number of imide groups is 2. The van der Waals surface area contributed by atoms with Crippen molar-refractivity contribution in [3.05, 3.63) is 65.2 Å². The lowest BCUT2D eigenvalue weighted by Crippen LogP contribution is -2.51. The SMILES string of the molecule is O=C1NC(=O)C(=C2C=C(c3ccc4c(c3)OCO4)Oc3ccccc32)C(=O)N1. The van der Waals surface area contributed by atoms with E-state index in [-0.39, 0.29) is 12.4 Å². The summed E-state index contributed by atoms with van der Waals surface area (Å²) in [7, 11) is 0. The summed E-state index contributed by atoms with van der Waals surface area (Å²) in [6.07, 6.45) is 1.60. The second kappa shape index (κ2) is 5.98. The highest BCUT2D eigenvalue weighted by molar-refractivity contribution is 6.33. The van der Waals surface area contributed by atoms with Crippen LogP contribution in [0, 0.1) is 0 Å². The van der Waals surface area contributed by atoms with Crippen molar-refractivity contribution >= 4 is 29.2 Å². The van der Waals surface area contributed by atoms with Crippen LogP contribution in [0.15, 0.2) is 54.1 Å². The molecular weight excluding hydrogens is 364 g/mol. The van der Waals surface area contributed by atoms with Gasteiger partial charge in [-0.3, -0.25) is 20.2 Å². The third-order valence-corrected chi connectivity index (χ3v) is 4.51. The molecule has 2 N–H and O–H groups in total. The normalized spacial score (nSPS) is 17.4. The van der Waals surface area contributed by atoms with Gasteiger partial charge in [-0.05, 0) is 30.3 Å². The van der Waals surface area contributed by atoms with E-state index in [0.29, 0.717) is 39.7 Å². The molecule has 0 radical (unpaired) electrons. The van der Waals surface area contributed by atoms with Crippen molar-refractivity contribution in [3.8, 4) is 17.2 Å². The Morgan fingerprint density at radius 1 is 0.821 bits per heavy atom. The fourth-order valence-corrected chi connectivity index (χ4v) is 3.24. The second-order valence-corrected chi connectivity index (χ2v) is 6.20. The number of fused-ring (bicyclic) bond motifs is 2. The van der Waals surface area contributed by atoms with Crippen molar-refractivity contribution in [2.45, 2.75) is 0 Å². The van der Waals surface area contributed by atoms with E-state index < -0.39 is 17.8 Å². The van der Waals surface area contributed by atoms with Crippen LogP contribution in [0.2, 0.25) is 0 Å². The van der Waals surface area contributed by atoms with Crippen LogP contribution in [0.1, 0.15) is 11.1 Å². The summed E-state index contributed by atoms with van der Waals surface area (Å²) in [5.74, 6) is 0.593. The zero-order valence-corrected chi connectivity index (χ0v) is 14.3. The highest BCUT2D eigenvalue weighted by Gasteiger charge is 2.33. The minimum atomic E-state index is -0.848. The van der Waals surface area contributed by atoms with Crippen molar-refractivity contribution in [3.63, 3.8) is 0 Å². The maximum Gasteiger partial charge on any atom is 0.328 e. The molecule has 0 bridgehead atoms. The van der Waals surface area contributed by atoms with Gasteiger partial charge in [-0.1, -0.05) is 18.2 Å². The zero-order chi connectivity index (χ0) is 19.3. The highest BCUT2D eigenvalue weighted by atomic mass is 16.7. The van der Waals surface area contributed by atoms with Crippen LogP contribution in [0.25, 0.3) is 11.3 Å². The van der Waals surface area contributed by atoms with Crippen LogP contribution in [-0.4, -0.2) is 24.6 Å².